The Kier molecular flexibility index (Phi) is 8.70. The average Bonchev–Trinajstić information content (AvgIpc) is 2.94. The van der Waals surface area contributed by atoms with Gasteiger partial charge in [0.25, 0.3) is 5.91 Å². The first-order valence-corrected chi connectivity index (χ1v) is 12.5. The van der Waals surface area contributed by atoms with Gasteiger partial charge in [0.2, 0.25) is 11.8 Å². The summed E-state index contributed by atoms with van der Waals surface area (Å²) in [6.07, 6.45) is 4.62. The number of benzene rings is 3. The smallest absolute Gasteiger partial charge is 0.255 e. The van der Waals surface area contributed by atoms with E-state index in [2.05, 4.69) is 10.6 Å². The Labute approximate surface area is 217 Å². The van der Waals surface area contributed by atoms with Gasteiger partial charge < -0.3 is 20.3 Å². The van der Waals surface area contributed by atoms with Crippen molar-refractivity contribution in [1.82, 2.24) is 4.90 Å². The molecule has 1 aliphatic rings. The van der Waals surface area contributed by atoms with Crippen molar-refractivity contribution in [3.8, 4) is 5.75 Å². The van der Waals surface area contributed by atoms with E-state index in [1.54, 1.807) is 59.5 Å². The Morgan fingerprint density at radius 3 is 2.14 bits per heavy atom. The van der Waals surface area contributed by atoms with E-state index in [0.29, 0.717) is 49.5 Å². The lowest BCUT2D eigenvalue weighted by molar-refractivity contribution is -0.130. The van der Waals surface area contributed by atoms with Crippen molar-refractivity contribution < 1.29 is 19.1 Å². The largest absolute Gasteiger partial charge is 0.494 e. The monoisotopic (exact) mass is 497 g/mol. The lowest BCUT2D eigenvalue weighted by Crippen LogP contribution is -2.40. The van der Waals surface area contributed by atoms with E-state index in [1.807, 2.05) is 43.3 Å². The lowest BCUT2D eigenvalue weighted by atomic mass is 9.95. The highest BCUT2D eigenvalue weighted by atomic mass is 16.5. The van der Waals surface area contributed by atoms with Crippen LogP contribution in [-0.4, -0.2) is 42.3 Å². The van der Waals surface area contributed by atoms with Crippen LogP contribution >= 0.6 is 0 Å². The van der Waals surface area contributed by atoms with E-state index < -0.39 is 0 Å². The van der Waals surface area contributed by atoms with Crippen LogP contribution in [-0.2, 0) is 9.59 Å². The van der Waals surface area contributed by atoms with Crippen molar-refractivity contribution in [1.29, 1.82) is 0 Å². The number of nitrogens with zero attached hydrogens (tertiary/aromatic N) is 1. The van der Waals surface area contributed by atoms with Crippen LogP contribution in [0.4, 0.5) is 11.4 Å². The van der Waals surface area contributed by atoms with Crippen molar-refractivity contribution in [2.24, 2.45) is 5.92 Å². The van der Waals surface area contributed by atoms with Crippen LogP contribution in [0, 0.1) is 5.92 Å². The number of carbonyl (C=O) groups excluding carboxylic acids is 3. The summed E-state index contributed by atoms with van der Waals surface area (Å²) < 4.78 is 5.41. The van der Waals surface area contributed by atoms with E-state index in [0.717, 1.165) is 11.3 Å². The second-order valence-corrected chi connectivity index (χ2v) is 8.82. The minimum absolute atomic E-state index is 0.0400. The van der Waals surface area contributed by atoms with Crippen molar-refractivity contribution in [2.75, 3.05) is 30.3 Å². The fraction of sp³-hybridized carbons (Fsp3) is 0.233. The van der Waals surface area contributed by atoms with Crippen molar-refractivity contribution in [3.05, 3.63) is 96.1 Å². The van der Waals surface area contributed by atoms with Crippen LogP contribution in [0.15, 0.2) is 84.9 Å². The molecule has 2 N–H and O–H groups in total. The molecule has 0 bridgehead atoms. The van der Waals surface area contributed by atoms with Crippen LogP contribution in [0.1, 0.15) is 35.7 Å². The molecule has 1 saturated heterocycles. The molecule has 0 radical (unpaired) electrons. The van der Waals surface area contributed by atoms with Crippen molar-refractivity contribution in [2.45, 2.75) is 19.8 Å². The maximum Gasteiger partial charge on any atom is 0.255 e. The Morgan fingerprint density at radius 1 is 0.865 bits per heavy atom. The first kappa shape index (κ1) is 25.7. The standard InChI is InChI=1S/C30H31N3O4/c1-2-37-27-15-13-26(14-16-27)32-29(35)23-9-11-25(12-10-23)31-30(36)24-18-20-33(21-19-24)28(34)17-8-22-6-4-3-5-7-22/h3-17,24H,2,18-21H2,1H3,(H,31,36)(H,32,35)/b17-8+. The zero-order valence-electron chi connectivity index (χ0n) is 20.9. The molecule has 0 saturated carbocycles. The number of hydrogen-bond acceptors (Lipinski definition) is 4. The number of rotatable bonds is 8. The molecule has 0 aromatic heterocycles. The second-order valence-electron chi connectivity index (χ2n) is 8.82. The minimum atomic E-state index is -0.236. The summed E-state index contributed by atoms with van der Waals surface area (Å²) in [4.78, 5) is 39.6. The molecule has 4 rings (SSSR count). The van der Waals surface area contributed by atoms with E-state index in [9.17, 15) is 14.4 Å². The summed E-state index contributed by atoms with van der Waals surface area (Å²) in [5, 5.41) is 5.79. The van der Waals surface area contributed by atoms with E-state index in [1.165, 1.54) is 0 Å². The normalized spacial score (nSPS) is 13.8. The van der Waals surface area contributed by atoms with Gasteiger partial charge in [0, 0.05) is 42.0 Å². The Balaban J connectivity index is 1.23. The summed E-state index contributed by atoms with van der Waals surface area (Å²) in [6, 6.07) is 23.7. The number of likely N-dealkylation sites (tertiary alicyclic amines) is 1. The van der Waals surface area contributed by atoms with Crippen LogP contribution in [0.25, 0.3) is 6.08 Å². The third-order valence-electron chi connectivity index (χ3n) is 6.23. The number of ether oxygens (including phenoxy) is 1. The van der Waals surface area contributed by atoms with Gasteiger partial charge in [-0.15, -0.1) is 0 Å². The van der Waals surface area contributed by atoms with Crippen molar-refractivity contribution in [3.63, 3.8) is 0 Å². The molecule has 1 aliphatic heterocycles. The topological polar surface area (TPSA) is 87.7 Å². The molecule has 0 unspecified atom stereocenters. The predicted molar refractivity (Wildman–Crippen MR) is 145 cm³/mol. The molecular weight excluding hydrogens is 466 g/mol. The number of anilines is 2. The molecule has 0 atom stereocenters. The van der Waals surface area contributed by atoms with Gasteiger partial charge in [-0.2, -0.15) is 0 Å². The molecule has 0 aliphatic carbocycles. The fourth-order valence-corrected chi connectivity index (χ4v) is 4.15. The highest BCUT2D eigenvalue weighted by Gasteiger charge is 2.26. The fourth-order valence-electron chi connectivity index (χ4n) is 4.15. The van der Waals surface area contributed by atoms with Crippen LogP contribution in [0.5, 0.6) is 5.75 Å². The van der Waals surface area contributed by atoms with Gasteiger partial charge in [0.1, 0.15) is 5.75 Å². The number of piperidine rings is 1. The molecule has 3 aromatic carbocycles. The second kappa shape index (κ2) is 12.5. The highest BCUT2D eigenvalue weighted by Crippen LogP contribution is 2.21. The molecule has 1 fully saturated rings. The lowest BCUT2D eigenvalue weighted by Gasteiger charge is -2.30. The highest BCUT2D eigenvalue weighted by molar-refractivity contribution is 6.04. The number of amides is 3. The molecule has 37 heavy (non-hydrogen) atoms. The predicted octanol–water partition coefficient (Wildman–Crippen LogP) is 5.23. The van der Waals surface area contributed by atoms with Crippen LogP contribution < -0.4 is 15.4 Å². The molecule has 1 heterocycles. The van der Waals surface area contributed by atoms with Crippen molar-refractivity contribution >= 4 is 35.2 Å². The Hall–Kier alpha value is -4.39. The zero-order chi connectivity index (χ0) is 26.0. The first-order chi connectivity index (χ1) is 18.0. The quantitative estimate of drug-likeness (QED) is 0.417. The average molecular weight is 498 g/mol. The van der Waals surface area contributed by atoms with Gasteiger partial charge in [0.05, 0.1) is 6.61 Å². The van der Waals surface area contributed by atoms with Gasteiger partial charge in [0.15, 0.2) is 0 Å². The van der Waals surface area contributed by atoms with Gasteiger partial charge in [-0.3, -0.25) is 14.4 Å². The Morgan fingerprint density at radius 2 is 1.49 bits per heavy atom. The van der Waals surface area contributed by atoms with Gasteiger partial charge in [-0.1, -0.05) is 30.3 Å². The molecule has 190 valence electrons. The third-order valence-corrected chi connectivity index (χ3v) is 6.23. The summed E-state index contributed by atoms with van der Waals surface area (Å²) in [7, 11) is 0. The molecule has 3 aromatic rings. The molecule has 0 spiro atoms. The number of nitrogens with one attached hydrogen (secondary N) is 2. The SMILES string of the molecule is CCOc1ccc(NC(=O)c2ccc(NC(=O)C3CCN(C(=O)/C=C/c4ccccc4)CC3)cc2)cc1. The van der Waals surface area contributed by atoms with E-state index in [4.69, 9.17) is 4.74 Å². The molecule has 3 amide bonds. The maximum atomic E-state index is 12.8. The van der Waals surface area contributed by atoms with Gasteiger partial charge in [-0.25, -0.2) is 0 Å². The summed E-state index contributed by atoms with van der Waals surface area (Å²) >= 11 is 0. The van der Waals surface area contributed by atoms with E-state index in [-0.39, 0.29) is 23.6 Å². The van der Waals surface area contributed by atoms with Crippen LogP contribution in [0.2, 0.25) is 0 Å². The number of carbonyl (C=O) groups is 3. The maximum absolute atomic E-state index is 12.8. The molecular formula is C30H31N3O4. The van der Waals surface area contributed by atoms with Crippen LogP contribution in [0.3, 0.4) is 0 Å². The summed E-state index contributed by atoms with van der Waals surface area (Å²) in [6.45, 7) is 3.58. The third kappa shape index (κ3) is 7.30. The van der Waals surface area contributed by atoms with Gasteiger partial charge >= 0.3 is 0 Å². The Bertz CT molecular complexity index is 1230. The van der Waals surface area contributed by atoms with E-state index >= 15 is 0 Å². The molecule has 7 nitrogen and oxygen atoms in total. The molecule has 7 heteroatoms. The van der Waals surface area contributed by atoms with Gasteiger partial charge in [-0.05, 0) is 79.9 Å². The summed E-state index contributed by atoms with van der Waals surface area (Å²) in [5.74, 6) is 0.239. The first-order valence-electron chi connectivity index (χ1n) is 12.5. The minimum Gasteiger partial charge on any atom is -0.494 e. The zero-order valence-corrected chi connectivity index (χ0v) is 20.9. The summed E-state index contributed by atoms with van der Waals surface area (Å²) in [5.41, 5.74) is 2.77. The number of hydrogen-bond donors (Lipinski definition) is 2.